The molecule has 0 aromatic carbocycles. The van der Waals surface area contributed by atoms with E-state index in [9.17, 15) is 14.0 Å². The van der Waals surface area contributed by atoms with Gasteiger partial charge in [0.1, 0.15) is 12.8 Å². The third-order valence-electron chi connectivity index (χ3n) is 2.01. The average molecular weight is 246 g/mol. The maximum atomic E-state index is 13.1. The highest BCUT2D eigenvalue weighted by Crippen LogP contribution is 2.08. The maximum absolute atomic E-state index is 13.1. The zero-order chi connectivity index (χ0) is 13.3. The van der Waals surface area contributed by atoms with E-state index >= 15 is 0 Å². The Morgan fingerprint density at radius 1 is 1.29 bits per heavy atom. The van der Waals surface area contributed by atoms with Gasteiger partial charge in [0.05, 0.1) is 13.5 Å². The van der Waals surface area contributed by atoms with Crippen LogP contribution in [0.5, 0.6) is 0 Å². The van der Waals surface area contributed by atoms with Crippen LogP contribution in [0.15, 0.2) is 11.6 Å². The number of carbonyl (C=O) groups is 2. The molecular weight excluding hydrogens is 227 g/mol. The van der Waals surface area contributed by atoms with Crippen LogP contribution in [0.2, 0.25) is 0 Å². The number of allylic oxidation sites excluding steroid dienone is 1. The van der Waals surface area contributed by atoms with E-state index in [1.807, 2.05) is 13.8 Å². The summed E-state index contributed by atoms with van der Waals surface area (Å²) in [6.45, 7) is 3.98. The summed E-state index contributed by atoms with van der Waals surface area (Å²) in [5.41, 5.74) is 1.05. The summed E-state index contributed by atoms with van der Waals surface area (Å²) >= 11 is 0. The van der Waals surface area contributed by atoms with E-state index in [1.54, 1.807) is 6.08 Å². The number of hydrogen-bond acceptors (Lipinski definition) is 4. The van der Waals surface area contributed by atoms with Crippen molar-refractivity contribution >= 4 is 11.9 Å². The molecule has 0 radical (unpaired) electrons. The van der Waals surface area contributed by atoms with Crippen LogP contribution in [-0.2, 0) is 19.1 Å². The van der Waals surface area contributed by atoms with Gasteiger partial charge in [-0.25, -0.2) is 4.39 Å². The summed E-state index contributed by atoms with van der Waals surface area (Å²) in [7, 11) is 1.20. The molecule has 98 valence electrons. The first kappa shape index (κ1) is 15.6. The highest BCUT2D eigenvalue weighted by molar-refractivity contribution is 5.71. The molecule has 0 amide bonds. The Morgan fingerprint density at radius 2 is 1.94 bits per heavy atom. The quantitative estimate of drug-likeness (QED) is 0.510. The van der Waals surface area contributed by atoms with Crippen molar-refractivity contribution in [3.63, 3.8) is 0 Å². The smallest absolute Gasteiger partial charge is 0.308 e. The molecule has 1 atom stereocenters. The Hall–Kier alpha value is -1.39. The Labute approximate surface area is 101 Å². The Bertz CT molecular complexity index is 282. The molecule has 0 N–H and O–H groups in total. The molecule has 17 heavy (non-hydrogen) atoms. The lowest BCUT2D eigenvalue weighted by atomic mass is 10.1. The second-order valence-corrected chi connectivity index (χ2v) is 3.88. The zero-order valence-electron chi connectivity index (χ0n) is 10.5. The molecule has 0 aliphatic heterocycles. The number of rotatable bonds is 7. The van der Waals surface area contributed by atoms with Crippen LogP contribution < -0.4 is 0 Å². The van der Waals surface area contributed by atoms with Crippen molar-refractivity contribution < 1.29 is 23.5 Å². The molecule has 0 aromatic heterocycles. The van der Waals surface area contributed by atoms with Crippen molar-refractivity contribution in [1.29, 1.82) is 0 Å². The number of carbonyl (C=O) groups excluding carboxylic acids is 2. The van der Waals surface area contributed by atoms with Gasteiger partial charge in [-0.15, -0.1) is 0 Å². The van der Waals surface area contributed by atoms with E-state index in [1.165, 1.54) is 7.11 Å². The molecule has 0 heterocycles. The van der Waals surface area contributed by atoms with Gasteiger partial charge in [-0.05, 0) is 26.3 Å². The molecule has 0 rings (SSSR count). The van der Waals surface area contributed by atoms with Crippen LogP contribution in [0, 0.1) is 0 Å². The first-order valence-corrected chi connectivity index (χ1v) is 5.45. The minimum absolute atomic E-state index is 0.0250. The number of esters is 2. The molecule has 0 fully saturated rings. The van der Waals surface area contributed by atoms with Crippen molar-refractivity contribution in [2.24, 2.45) is 0 Å². The van der Waals surface area contributed by atoms with E-state index in [-0.39, 0.29) is 25.9 Å². The molecular formula is C12H19FO4. The van der Waals surface area contributed by atoms with Gasteiger partial charge in [-0.3, -0.25) is 9.59 Å². The highest BCUT2D eigenvalue weighted by atomic mass is 19.1. The molecule has 1 unspecified atom stereocenters. The van der Waals surface area contributed by atoms with Crippen LogP contribution in [-0.4, -0.2) is 31.8 Å². The summed E-state index contributed by atoms with van der Waals surface area (Å²) in [6, 6.07) is 0. The molecule has 0 aliphatic carbocycles. The van der Waals surface area contributed by atoms with Crippen LogP contribution in [0.25, 0.3) is 0 Å². The van der Waals surface area contributed by atoms with E-state index < -0.39 is 18.1 Å². The maximum Gasteiger partial charge on any atom is 0.308 e. The van der Waals surface area contributed by atoms with Gasteiger partial charge in [0.2, 0.25) is 0 Å². The molecule has 4 nitrogen and oxygen atoms in total. The number of hydrogen-bond donors (Lipinski definition) is 0. The second kappa shape index (κ2) is 8.73. The minimum Gasteiger partial charge on any atom is -0.469 e. The minimum atomic E-state index is -1.36. The van der Waals surface area contributed by atoms with E-state index in [4.69, 9.17) is 4.74 Å². The van der Waals surface area contributed by atoms with Crippen molar-refractivity contribution in [3.8, 4) is 0 Å². The third-order valence-corrected chi connectivity index (χ3v) is 2.01. The second-order valence-electron chi connectivity index (χ2n) is 3.88. The van der Waals surface area contributed by atoms with Gasteiger partial charge < -0.3 is 9.47 Å². The lowest BCUT2D eigenvalue weighted by Gasteiger charge is -2.06. The third kappa shape index (κ3) is 9.53. The number of halogens is 1. The van der Waals surface area contributed by atoms with Crippen LogP contribution in [0.3, 0.4) is 0 Å². The van der Waals surface area contributed by atoms with E-state index in [0.29, 0.717) is 0 Å². The summed E-state index contributed by atoms with van der Waals surface area (Å²) < 4.78 is 22.3. The van der Waals surface area contributed by atoms with Crippen LogP contribution in [0.1, 0.15) is 33.1 Å². The average Bonchev–Trinajstić information content (AvgIpc) is 2.25. The first-order chi connectivity index (χ1) is 7.95. The van der Waals surface area contributed by atoms with E-state index in [2.05, 4.69) is 4.74 Å². The van der Waals surface area contributed by atoms with Gasteiger partial charge in [0.25, 0.3) is 0 Å². The number of alkyl halides is 1. The Kier molecular flexibility index (Phi) is 8.01. The molecule has 5 heteroatoms. The predicted octanol–water partition coefficient (Wildman–Crippen LogP) is 2.18. The lowest BCUT2D eigenvalue weighted by molar-refractivity contribution is -0.145. The predicted molar refractivity (Wildman–Crippen MR) is 61.2 cm³/mol. The van der Waals surface area contributed by atoms with Gasteiger partial charge in [0, 0.05) is 6.42 Å². The molecule has 0 aromatic rings. The highest BCUT2D eigenvalue weighted by Gasteiger charge is 2.15. The standard InChI is InChI=1S/C12H19FO4/c1-9(2)6-7-17-11(14)5-4-10(13)8-12(15)16-3/h6,10H,4-5,7-8H2,1-3H3. The molecule has 0 spiro atoms. The molecule has 0 saturated carbocycles. The van der Waals surface area contributed by atoms with Crippen LogP contribution in [0.4, 0.5) is 4.39 Å². The Morgan fingerprint density at radius 3 is 2.47 bits per heavy atom. The first-order valence-electron chi connectivity index (χ1n) is 5.45. The van der Waals surface area contributed by atoms with Crippen molar-refractivity contribution in [2.75, 3.05) is 13.7 Å². The lowest BCUT2D eigenvalue weighted by Crippen LogP contribution is -2.13. The van der Waals surface area contributed by atoms with Crippen molar-refractivity contribution in [1.82, 2.24) is 0 Å². The fourth-order valence-corrected chi connectivity index (χ4v) is 1.01. The largest absolute Gasteiger partial charge is 0.469 e. The summed E-state index contributed by atoms with van der Waals surface area (Å²) in [5.74, 6) is -1.08. The number of ether oxygens (including phenoxy) is 2. The van der Waals surface area contributed by atoms with Gasteiger partial charge in [-0.1, -0.05) is 5.57 Å². The van der Waals surface area contributed by atoms with Gasteiger partial charge in [0.15, 0.2) is 0 Å². The normalized spacial score (nSPS) is 11.5. The topological polar surface area (TPSA) is 52.6 Å². The van der Waals surface area contributed by atoms with Gasteiger partial charge >= 0.3 is 11.9 Å². The molecule has 0 bridgehead atoms. The van der Waals surface area contributed by atoms with Crippen molar-refractivity contribution in [2.45, 2.75) is 39.3 Å². The summed E-state index contributed by atoms with van der Waals surface area (Å²) in [6.07, 6.45) is 0.0209. The summed E-state index contributed by atoms with van der Waals surface area (Å²) in [4.78, 5) is 21.9. The fourth-order valence-electron chi connectivity index (χ4n) is 1.01. The Balaban J connectivity index is 3.69. The van der Waals surface area contributed by atoms with E-state index in [0.717, 1.165) is 5.57 Å². The fraction of sp³-hybridized carbons (Fsp3) is 0.667. The zero-order valence-corrected chi connectivity index (χ0v) is 10.5. The monoisotopic (exact) mass is 246 g/mol. The molecule has 0 aliphatic rings. The van der Waals surface area contributed by atoms with Crippen LogP contribution >= 0.6 is 0 Å². The summed E-state index contributed by atoms with van der Waals surface area (Å²) in [5, 5.41) is 0. The van der Waals surface area contributed by atoms with Gasteiger partial charge in [-0.2, -0.15) is 0 Å². The van der Waals surface area contributed by atoms with Crippen molar-refractivity contribution in [3.05, 3.63) is 11.6 Å². The molecule has 0 saturated heterocycles. The SMILES string of the molecule is COC(=O)CC(F)CCC(=O)OCC=C(C)C. The number of methoxy groups -OCH3 is 1.